The van der Waals surface area contributed by atoms with E-state index < -0.39 is 0 Å². The number of benzene rings is 2. The summed E-state index contributed by atoms with van der Waals surface area (Å²) in [4.78, 5) is 10.9. The molecule has 394 valence electrons. The van der Waals surface area contributed by atoms with Crippen molar-refractivity contribution >= 4 is 22.8 Å². The lowest BCUT2D eigenvalue weighted by molar-refractivity contribution is 0.528. The van der Waals surface area contributed by atoms with Crippen LogP contribution in [0.5, 0.6) is 0 Å². The molecule has 0 saturated heterocycles. The summed E-state index contributed by atoms with van der Waals surface area (Å²) in [5.74, 6) is 14.0. The Labute approximate surface area is 437 Å². The van der Waals surface area contributed by atoms with Crippen LogP contribution in [-0.4, -0.2) is 11.4 Å². The number of hydrogen-bond acceptors (Lipinski definition) is 2. The Hall–Kier alpha value is -3.10. The van der Waals surface area contributed by atoms with Crippen molar-refractivity contribution in [1.29, 1.82) is 0 Å². The lowest BCUT2D eigenvalue weighted by Crippen LogP contribution is -2.14. The molecule has 0 atom stereocenters. The lowest BCUT2D eigenvalue weighted by atomic mass is 10.0. The molecule has 0 saturated carbocycles. The number of aryl methyl sites for hydroxylation is 2. The molecule has 0 fully saturated rings. The van der Waals surface area contributed by atoms with Crippen molar-refractivity contribution in [2.45, 2.75) is 323 Å². The van der Waals surface area contributed by atoms with Crippen LogP contribution in [0.1, 0.15) is 321 Å². The Bertz CT molecular complexity index is 1530. The van der Waals surface area contributed by atoms with Gasteiger partial charge in [0, 0.05) is 25.7 Å². The van der Waals surface area contributed by atoms with Crippen LogP contribution in [0.2, 0.25) is 0 Å². The Morgan fingerprint density at radius 2 is 0.529 bits per heavy atom. The number of unbranched alkanes of at least 4 members (excludes halogenated alkanes) is 36. The molecular formula is C68H112N2. The van der Waals surface area contributed by atoms with Crippen molar-refractivity contribution in [3.05, 3.63) is 59.7 Å². The monoisotopic (exact) mass is 957 g/mol. The third kappa shape index (κ3) is 36.8. The van der Waals surface area contributed by atoms with E-state index >= 15 is 0 Å². The highest BCUT2D eigenvalue weighted by Crippen LogP contribution is 2.26. The average Bonchev–Trinajstić information content (AvgIpc) is 3.38. The first-order valence-corrected chi connectivity index (χ1v) is 31.0. The maximum absolute atomic E-state index is 5.45. The fourth-order valence-corrected chi connectivity index (χ4v) is 9.80. The van der Waals surface area contributed by atoms with Gasteiger partial charge in [-0.1, -0.05) is 282 Å². The van der Waals surface area contributed by atoms with E-state index in [1.165, 1.54) is 229 Å². The highest BCUT2D eigenvalue weighted by molar-refractivity contribution is 6.43. The van der Waals surface area contributed by atoms with Gasteiger partial charge in [0.25, 0.3) is 0 Å². The van der Waals surface area contributed by atoms with E-state index in [-0.39, 0.29) is 0 Å². The quantitative estimate of drug-likeness (QED) is 0.0359. The van der Waals surface area contributed by atoms with Crippen LogP contribution in [0.3, 0.4) is 0 Å². The molecule has 2 aromatic carbocycles. The van der Waals surface area contributed by atoms with E-state index in [1.54, 1.807) is 0 Å². The van der Waals surface area contributed by atoms with E-state index in [9.17, 15) is 0 Å². The summed E-state index contributed by atoms with van der Waals surface area (Å²) < 4.78 is 0. The number of nitrogens with zero attached hydrogens (tertiary/aromatic N) is 2. The molecule has 0 bridgehead atoms. The molecule has 2 rings (SSSR count). The summed E-state index contributed by atoms with van der Waals surface area (Å²) >= 11 is 0. The number of para-hydroxylation sites is 2. The second-order valence-electron chi connectivity index (χ2n) is 21.1. The smallest absolute Gasteiger partial charge is 0.0666 e. The normalized spacial score (nSPS) is 11.7. The molecule has 2 heteroatoms. The number of aliphatic imine (C=N–C) groups is 2. The Kier molecular flexibility index (Phi) is 44.5. The predicted molar refractivity (Wildman–Crippen MR) is 316 cm³/mol. The van der Waals surface area contributed by atoms with Gasteiger partial charge in [0.15, 0.2) is 0 Å². The molecule has 0 spiro atoms. The topological polar surface area (TPSA) is 24.7 Å². The number of hydrogen-bond donors (Lipinski definition) is 0. The Morgan fingerprint density at radius 3 is 0.814 bits per heavy atom. The van der Waals surface area contributed by atoms with Gasteiger partial charge < -0.3 is 0 Å². The van der Waals surface area contributed by atoms with Crippen molar-refractivity contribution in [3.8, 4) is 23.7 Å². The summed E-state index contributed by atoms with van der Waals surface area (Å²) in [5, 5.41) is 0. The molecule has 0 aliphatic heterocycles. The van der Waals surface area contributed by atoms with Crippen molar-refractivity contribution in [3.63, 3.8) is 0 Å². The minimum atomic E-state index is 0.891. The van der Waals surface area contributed by atoms with Crippen LogP contribution in [0, 0.1) is 23.7 Å². The molecule has 0 N–H and O–H groups in total. The molecular weight excluding hydrogens is 845 g/mol. The zero-order valence-electron chi connectivity index (χ0n) is 47.0. The van der Waals surface area contributed by atoms with Gasteiger partial charge in [0.05, 0.1) is 22.8 Å². The predicted octanol–water partition coefficient (Wildman–Crippen LogP) is 22.9. The zero-order chi connectivity index (χ0) is 49.9. The molecule has 2 aromatic rings. The van der Waals surface area contributed by atoms with Gasteiger partial charge in [-0.2, -0.15) is 0 Å². The summed E-state index contributed by atoms with van der Waals surface area (Å²) in [7, 11) is 0. The van der Waals surface area contributed by atoms with Gasteiger partial charge in [-0.25, -0.2) is 0 Å². The fraction of sp³-hybridized carbons (Fsp3) is 0.735. The molecule has 0 aliphatic carbocycles. The highest BCUT2D eigenvalue weighted by atomic mass is 14.8. The molecule has 70 heavy (non-hydrogen) atoms. The van der Waals surface area contributed by atoms with Gasteiger partial charge >= 0.3 is 0 Å². The minimum Gasteiger partial charge on any atom is -0.251 e. The van der Waals surface area contributed by atoms with Gasteiger partial charge in [0.2, 0.25) is 0 Å². The lowest BCUT2D eigenvalue weighted by Gasteiger charge is -2.13. The first-order chi connectivity index (χ1) is 34.7. The summed E-state index contributed by atoms with van der Waals surface area (Å²) in [6, 6.07) is 17.5. The largest absolute Gasteiger partial charge is 0.251 e. The third-order valence-electron chi connectivity index (χ3n) is 14.5. The second-order valence-corrected chi connectivity index (χ2v) is 21.1. The van der Waals surface area contributed by atoms with Gasteiger partial charge in [0.1, 0.15) is 0 Å². The second kappa shape index (κ2) is 49.5. The maximum atomic E-state index is 5.45. The van der Waals surface area contributed by atoms with E-state index in [0.29, 0.717) is 0 Å². The molecule has 0 radical (unpaired) electrons. The molecule has 0 heterocycles. The first kappa shape index (κ1) is 63.0. The van der Waals surface area contributed by atoms with E-state index in [0.717, 1.165) is 99.8 Å². The van der Waals surface area contributed by atoms with E-state index in [1.807, 2.05) is 0 Å². The highest BCUT2D eigenvalue weighted by Gasteiger charge is 2.13. The van der Waals surface area contributed by atoms with Gasteiger partial charge in [-0.05, 0) is 74.6 Å². The van der Waals surface area contributed by atoms with Crippen LogP contribution in [0.15, 0.2) is 58.5 Å². The summed E-state index contributed by atoms with van der Waals surface area (Å²) in [6.07, 6.45) is 60.2. The molecule has 0 aliphatic rings. The standard InChI is InChI=1S/C68H112N2/c1-5-9-13-15-17-19-21-23-25-27-29-31-33-35-37-39-41-43-45-47-49-55-63-57-51-53-61-65(63)69-67(59-11-7-3)68(60-12-8-4)70-66-62-54-52-58-64(66)56-50-48-46-44-42-40-38-36-34-32-30-28-26-24-22-20-18-16-14-10-6-2/h51-54,57-58,61-62H,5-44,49-50,55-56,59-60H2,1-4H3. The van der Waals surface area contributed by atoms with Crippen LogP contribution in [0.4, 0.5) is 11.4 Å². The average molecular weight is 958 g/mol. The third-order valence-corrected chi connectivity index (χ3v) is 14.5. The summed E-state index contributed by atoms with van der Waals surface area (Å²) in [5.41, 5.74) is 7.11. The van der Waals surface area contributed by atoms with Gasteiger partial charge in [-0.3, -0.25) is 9.98 Å². The first-order valence-electron chi connectivity index (χ1n) is 31.0. The van der Waals surface area contributed by atoms with Crippen molar-refractivity contribution in [2.24, 2.45) is 9.98 Å². The Morgan fingerprint density at radius 1 is 0.286 bits per heavy atom. The van der Waals surface area contributed by atoms with Crippen LogP contribution in [0.25, 0.3) is 0 Å². The summed E-state index contributed by atoms with van der Waals surface area (Å²) in [6.45, 7) is 9.18. The molecule has 2 nitrogen and oxygen atoms in total. The fourth-order valence-electron chi connectivity index (χ4n) is 9.80. The van der Waals surface area contributed by atoms with E-state index in [2.05, 4.69) is 99.9 Å². The molecule has 0 aromatic heterocycles. The van der Waals surface area contributed by atoms with Crippen molar-refractivity contribution < 1.29 is 0 Å². The Balaban J connectivity index is 1.76. The van der Waals surface area contributed by atoms with Crippen LogP contribution >= 0.6 is 0 Å². The molecule has 0 unspecified atom stereocenters. The van der Waals surface area contributed by atoms with E-state index in [4.69, 9.17) is 9.98 Å². The minimum absolute atomic E-state index is 0.891. The SMILES string of the molecule is CCCCCCCCCCCCCCCCCCCC#CCCc1ccccc1N=C(CCCC)C(CCCC)=Nc1ccccc1CCC#CCCCCCCCCCCCCCCCCCCC. The van der Waals surface area contributed by atoms with Gasteiger partial charge in [-0.15, -0.1) is 23.7 Å². The zero-order valence-corrected chi connectivity index (χ0v) is 47.0. The molecule has 0 amide bonds. The van der Waals surface area contributed by atoms with Crippen molar-refractivity contribution in [1.82, 2.24) is 0 Å². The van der Waals surface area contributed by atoms with Crippen LogP contribution < -0.4 is 0 Å². The van der Waals surface area contributed by atoms with Crippen molar-refractivity contribution in [2.75, 3.05) is 0 Å². The van der Waals surface area contributed by atoms with Crippen LogP contribution in [-0.2, 0) is 12.8 Å². The number of rotatable bonds is 47. The maximum Gasteiger partial charge on any atom is 0.0666 e.